The second-order valence-electron chi connectivity index (χ2n) is 4.09. The first-order chi connectivity index (χ1) is 9.22. The van der Waals surface area contributed by atoms with E-state index in [-0.39, 0.29) is 5.75 Å². The molecular weight excluding hydrogens is 322 g/mol. The van der Waals surface area contributed by atoms with E-state index in [4.69, 9.17) is 0 Å². The molecule has 0 spiro atoms. The van der Waals surface area contributed by atoms with Gasteiger partial charge in [-0.05, 0) is 46.3 Å². The van der Waals surface area contributed by atoms with Crippen molar-refractivity contribution in [3.05, 3.63) is 56.8 Å². The van der Waals surface area contributed by atoms with Crippen molar-refractivity contribution in [1.29, 1.82) is 0 Å². The van der Waals surface area contributed by atoms with E-state index in [0.29, 0.717) is 5.52 Å². The van der Waals surface area contributed by atoms with Crippen LogP contribution in [-0.4, -0.2) is 10.1 Å². The molecule has 0 aliphatic rings. The van der Waals surface area contributed by atoms with Crippen molar-refractivity contribution in [1.82, 2.24) is 4.98 Å². The molecule has 19 heavy (non-hydrogen) atoms. The monoisotopic (exact) mass is 331 g/mol. The molecular formula is C15H10BrNOS. The standard InChI is InChI=1S/C15H10BrNOS/c16-11-8-13(19-9-11)7-6-12-5-4-10-2-1-3-14(18)15(10)17-12/h1-9,18H/b7-6+. The molecule has 2 heterocycles. The highest BCUT2D eigenvalue weighted by molar-refractivity contribution is 9.10. The molecule has 0 saturated heterocycles. The summed E-state index contributed by atoms with van der Waals surface area (Å²) in [5.74, 6) is 0.214. The van der Waals surface area contributed by atoms with Crippen molar-refractivity contribution in [3.63, 3.8) is 0 Å². The number of benzene rings is 1. The van der Waals surface area contributed by atoms with Crippen LogP contribution in [0.25, 0.3) is 23.1 Å². The fourth-order valence-corrected chi connectivity index (χ4v) is 3.16. The molecule has 94 valence electrons. The second kappa shape index (κ2) is 5.15. The van der Waals surface area contributed by atoms with E-state index in [1.807, 2.05) is 41.8 Å². The molecule has 4 heteroatoms. The van der Waals surface area contributed by atoms with Crippen LogP contribution in [0.5, 0.6) is 5.75 Å². The van der Waals surface area contributed by atoms with Gasteiger partial charge in [0.1, 0.15) is 11.3 Å². The van der Waals surface area contributed by atoms with Gasteiger partial charge in [-0.25, -0.2) is 4.98 Å². The zero-order chi connectivity index (χ0) is 13.2. The van der Waals surface area contributed by atoms with E-state index in [1.165, 1.54) is 0 Å². The SMILES string of the molecule is Oc1cccc2ccc(/C=C/c3cc(Br)cs3)nc12. The Morgan fingerprint density at radius 3 is 2.84 bits per heavy atom. The van der Waals surface area contributed by atoms with Crippen molar-refractivity contribution in [3.8, 4) is 5.75 Å². The van der Waals surface area contributed by atoms with E-state index in [9.17, 15) is 5.11 Å². The van der Waals surface area contributed by atoms with Crippen LogP contribution in [-0.2, 0) is 0 Å². The van der Waals surface area contributed by atoms with E-state index in [2.05, 4.69) is 27.0 Å². The smallest absolute Gasteiger partial charge is 0.141 e. The molecule has 3 aromatic rings. The summed E-state index contributed by atoms with van der Waals surface area (Å²) in [6.45, 7) is 0. The average molecular weight is 332 g/mol. The highest BCUT2D eigenvalue weighted by Gasteiger charge is 2.01. The Labute approximate surface area is 123 Å². The number of phenolic OH excluding ortho intramolecular Hbond substituents is 1. The number of aromatic hydroxyl groups is 1. The summed E-state index contributed by atoms with van der Waals surface area (Å²) < 4.78 is 1.08. The summed E-state index contributed by atoms with van der Waals surface area (Å²) in [4.78, 5) is 5.61. The van der Waals surface area contributed by atoms with Crippen LogP contribution in [0.15, 0.2) is 46.3 Å². The molecule has 0 amide bonds. The third kappa shape index (κ3) is 2.69. The zero-order valence-electron chi connectivity index (χ0n) is 9.88. The Bertz CT molecular complexity index is 764. The maximum absolute atomic E-state index is 9.79. The van der Waals surface area contributed by atoms with Gasteiger partial charge in [-0.1, -0.05) is 18.2 Å². The summed E-state index contributed by atoms with van der Waals surface area (Å²) in [6, 6.07) is 11.4. The quantitative estimate of drug-likeness (QED) is 0.721. The van der Waals surface area contributed by atoms with Crippen LogP contribution < -0.4 is 0 Å². The zero-order valence-corrected chi connectivity index (χ0v) is 12.3. The van der Waals surface area contributed by atoms with E-state index in [1.54, 1.807) is 17.4 Å². The molecule has 2 aromatic heterocycles. The molecule has 3 rings (SSSR count). The number of pyridine rings is 1. The normalized spacial score (nSPS) is 11.4. The highest BCUT2D eigenvalue weighted by Crippen LogP contribution is 2.24. The number of hydrogen-bond acceptors (Lipinski definition) is 3. The fraction of sp³-hybridized carbons (Fsp3) is 0. The first kappa shape index (κ1) is 12.4. The summed E-state index contributed by atoms with van der Waals surface area (Å²) in [5.41, 5.74) is 1.47. The Kier molecular flexibility index (Phi) is 3.36. The summed E-state index contributed by atoms with van der Waals surface area (Å²) in [5, 5.41) is 12.8. The molecule has 0 fully saturated rings. The summed E-state index contributed by atoms with van der Waals surface area (Å²) in [7, 11) is 0. The lowest BCUT2D eigenvalue weighted by molar-refractivity contribution is 0.480. The van der Waals surface area contributed by atoms with Gasteiger partial charge in [0.05, 0.1) is 5.69 Å². The summed E-state index contributed by atoms with van der Waals surface area (Å²) >= 11 is 5.09. The van der Waals surface area contributed by atoms with Crippen LogP contribution in [0.4, 0.5) is 0 Å². The number of phenols is 1. The third-order valence-electron chi connectivity index (χ3n) is 2.73. The molecule has 0 radical (unpaired) electrons. The maximum Gasteiger partial charge on any atom is 0.141 e. The molecule has 0 saturated carbocycles. The number of nitrogens with zero attached hydrogens (tertiary/aromatic N) is 1. The minimum atomic E-state index is 0.214. The van der Waals surface area contributed by atoms with Crippen LogP contribution in [0, 0.1) is 0 Å². The van der Waals surface area contributed by atoms with Gasteiger partial charge in [-0.2, -0.15) is 0 Å². The Balaban J connectivity index is 1.97. The van der Waals surface area contributed by atoms with Crippen LogP contribution in [0.3, 0.4) is 0 Å². The number of thiophene rings is 1. The Morgan fingerprint density at radius 2 is 2.05 bits per heavy atom. The van der Waals surface area contributed by atoms with E-state index >= 15 is 0 Å². The number of para-hydroxylation sites is 1. The molecule has 1 N–H and O–H groups in total. The molecule has 0 unspecified atom stereocenters. The minimum Gasteiger partial charge on any atom is -0.506 e. The Morgan fingerprint density at radius 1 is 1.16 bits per heavy atom. The van der Waals surface area contributed by atoms with Crippen molar-refractivity contribution in [2.75, 3.05) is 0 Å². The lowest BCUT2D eigenvalue weighted by atomic mass is 10.2. The topological polar surface area (TPSA) is 33.1 Å². The van der Waals surface area contributed by atoms with Crippen LogP contribution in [0.2, 0.25) is 0 Å². The number of fused-ring (bicyclic) bond motifs is 1. The van der Waals surface area contributed by atoms with E-state index < -0.39 is 0 Å². The van der Waals surface area contributed by atoms with Crippen molar-refractivity contribution >= 4 is 50.3 Å². The average Bonchev–Trinajstić information content (AvgIpc) is 2.83. The van der Waals surface area contributed by atoms with Gasteiger partial charge in [0, 0.05) is 20.1 Å². The number of rotatable bonds is 2. The summed E-state index contributed by atoms with van der Waals surface area (Å²) in [6.07, 6.45) is 3.97. The van der Waals surface area contributed by atoms with Gasteiger partial charge in [0.2, 0.25) is 0 Å². The fourth-order valence-electron chi connectivity index (χ4n) is 1.82. The lowest BCUT2D eigenvalue weighted by Gasteiger charge is -2.00. The predicted octanol–water partition coefficient (Wildman–Crippen LogP) is 4.93. The van der Waals surface area contributed by atoms with Crippen molar-refractivity contribution in [2.45, 2.75) is 0 Å². The Hall–Kier alpha value is -1.65. The minimum absolute atomic E-state index is 0.214. The van der Waals surface area contributed by atoms with Gasteiger partial charge in [0.25, 0.3) is 0 Å². The third-order valence-corrected chi connectivity index (χ3v) is 4.39. The van der Waals surface area contributed by atoms with Gasteiger partial charge < -0.3 is 5.11 Å². The van der Waals surface area contributed by atoms with Crippen LogP contribution >= 0.6 is 27.3 Å². The lowest BCUT2D eigenvalue weighted by Crippen LogP contribution is -1.83. The number of aromatic nitrogens is 1. The van der Waals surface area contributed by atoms with Gasteiger partial charge in [-0.15, -0.1) is 11.3 Å². The van der Waals surface area contributed by atoms with E-state index in [0.717, 1.165) is 20.4 Å². The molecule has 0 bridgehead atoms. The molecule has 1 aromatic carbocycles. The van der Waals surface area contributed by atoms with Gasteiger partial charge in [-0.3, -0.25) is 0 Å². The predicted molar refractivity (Wildman–Crippen MR) is 84.4 cm³/mol. The van der Waals surface area contributed by atoms with Gasteiger partial charge in [0.15, 0.2) is 0 Å². The largest absolute Gasteiger partial charge is 0.506 e. The van der Waals surface area contributed by atoms with Gasteiger partial charge >= 0.3 is 0 Å². The van der Waals surface area contributed by atoms with Crippen molar-refractivity contribution < 1.29 is 5.11 Å². The number of halogens is 1. The van der Waals surface area contributed by atoms with Crippen LogP contribution in [0.1, 0.15) is 10.6 Å². The second-order valence-corrected chi connectivity index (χ2v) is 5.94. The molecule has 0 aliphatic carbocycles. The van der Waals surface area contributed by atoms with Crippen molar-refractivity contribution in [2.24, 2.45) is 0 Å². The molecule has 0 aliphatic heterocycles. The highest BCUT2D eigenvalue weighted by atomic mass is 79.9. The molecule has 2 nitrogen and oxygen atoms in total. The number of hydrogen-bond donors (Lipinski definition) is 1. The first-order valence-electron chi connectivity index (χ1n) is 5.73. The molecule has 0 atom stereocenters. The first-order valence-corrected chi connectivity index (χ1v) is 7.40. The maximum atomic E-state index is 9.79.